The van der Waals surface area contributed by atoms with Crippen LogP contribution in [0.2, 0.25) is 0 Å². The molecular weight excluding hydrogens is 222 g/mol. The molecule has 1 aromatic heterocycles. The van der Waals surface area contributed by atoms with E-state index >= 15 is 0 Å². The summed E-state index contributed by atoms with van der Waals surface area (Å²) in [7, 11) is 0. The zero-order valence-corrected chi connectivity index (χ0v) is 11.0. The number of hydrogen-bond acceptors (Lipinski definition) is 3. The van der Waals surface area contributed by atoms with Crippen LogP contribution in [0.25, 0.3) is 0 Å². The second-order valence-corrected chi connectivity index (χ2v) is 5.55. The molecule has 3 heteroatoms. The molecule has 3 nitrogen and oxygen atoms in total. The van der Waals surface area contributed by atoms with E-state index in [1.807, 2.05) is 12.4 Å². The molecule has 2 fully saturated rings. The van der Waals surface area contributed by atoms with Crippen LogP contribution in [0.1, 0.15) is 31.2 Å². The second kappa shape index (κ2) is 5.81. The van der Waals surface area contributed by atoms with Crippen LogP contribution in [0.5, 0.6) is 0 Å². The van der Waals surface area contributed by atoms with Crippen molar-refractivity contribution >= 4 is 0 Å². The zero-order chi connectivity index (χ0) is 12.2. The third kappa shape index (κ3) is 2.73. The van der Waals surface area contributed by atoms with Gasteiger partial charge in [0.25, 0.3) is 0 Å². The van der Waals surface area contributed by atoms with Gasteiger partial charge in [-0.3, -0.25) is 9.88 Å². The van der Waals surface area contributed by atoms with Crippen molar-refractivity contribution in [2.24, 2.45) is 0 Å². The van der Waals surface area contributed by atoms with E-state index in [0.29, 0.717) is 0 Å². The Bertz CT molecular complexity index is 359. The van der Waals surface area contributed by atoms with Crippen LogP contribution < -0.4 is 5.32 Å². The number of likely N-dealkylation sites (tertiary alicyclic amines) is 1. The lowest BCUT2D eigenvalue weighted by atomic mass is 10.0. The van der Waals surface area contributed by atoms with Crippen LogP contribution in [0.15, 0.2) is 24.5 Å². The number of aromatic nitrogens is 1. The summed E-state index contributed by atoms with van der Waals surface area (Å²) in [5, 5.41) is 3.68. The first-order chi connectivity index (χ1) is 8.93. The van der Waals surface area contributed by atoms with Gasteiger partial charge in [-0.25, -0.2) is 0 Å². The minimum absolute atomic E-state index is 0.755. The molecule has 98 valence electrons. The monoisotopic (exact) mass is 245 g/mol. The molecular formula is C15H23N3. The van der Waals surface area contributed by atoms with E-state index in [1.54, 1.807) is 0 Å². The first kappa shape index (κ1) is 12.1. The predicted molar refractivity (Wildman–Crippen MR) is 73.6 cm³/mol. The molecule has 2 aliphatic rings. The van der Waals surface area contributed by atoms with Gasteiger partial charge in [0, 0.05) is 31.0 Å². The van der Waals surface area contributed by atoms with Gasteiger partial charge in [-0.2, -0.15) is 0 Å². The molecule has 0 saturated carbocycles. The van der Waals surface area contributed by atoms with Gasteiger partial charge in [-0.05, 0) is 62.9 Å². The quantitative estimate of drug-likeness (QED) is 0.877. The number of pyridine rings is 1. The van der Waals surface area contributed by atoms with E-state index < -0.39 is 0 Å². The first-order valence-corrected chi connectivity index (χ1v) is 7.30. The normalized spacial score (nSPS) is 28.9. The lowest BCUT2D eigenvalue weighted by molar-refractivity contribution is 0.217. The maximum atomic E-state index is 4.08. The van der Waals surface area contributed by atoms with E-state index in [2.05, 4.69) is 27.3 Å². The van der Waals surface area contributed by atoms with Crippen molar-refractivity contribution in [2.45, 2.75) is 44.2 Å². The average Bonchev–Trinajstić information content (AvgIpc) is 3.08. The van der Waals surface area contributed by atoms with Crippen LogP contribution in [-0.4, -0.2) is 41.6 Å². The number of hydrogen-bond donors (Lipinski definition) is 1. The van der Waals surface area contributed by atoms with Crippen molar-refractivity contribution in [3.63, 3.8) is 0 Å². The topological polar surface area (TPSA) is 28.2 Å². The largest absolute Gasteiger partial charge is 0.312 e. The molecule has 1 N–H and O–H groups in total. The predicted octanol–water partition coefficient (Wildman–Crippen LogP) is 1.84. The Balaban J connectivity index is 1.55. The minimum atomic E-state index is 0.755. The highest BCUT2D eigenvalue weighted by atomic mass is 15.2. The Morgan fingerprint density at radius 1 is 1.22 bits per heavy atom. The van der Waals surface area contributed by atoms with E-state index in [-0.39, 0.29) is 0 Å². The number of rotatable bonds is 4. The van der Waals surface area contributed by atoms with E-state index in [9.17, 15) is 0 Å². The van der Waals surface area contributed by atoms with Crippen LogP contribution >= 0.6 is 0 Å². The maximum Gasteiger partial charge on any atom is 0.0270 e. The summed E-state index contributed by atoms with van der Waals surface area (Å²) in [5.74, 6) is 0. The van der Waals surface area contributed by atoms with Crippen LogP contribution in [0.4, 0.5) is 0 Å². The molecule has 2 atom stereocenters. The summed E-state index contributed by atoms with van der Waals surface area (Å²) in [4.78, 5) is 6.78. The molecule has 0 bridgehead atoms. The molecule has 2 saturated heterocycles. The van der Waals surface area contributed by atoms with Crippen molar-refractivity contribution in [3.8, 4) is 0 Å². The molecule has 0 radical (unpaired) electrons. The molecule has 0 aliphatic carbocycles. The molecule has 3 heterocycles. The Morgan fingerprint density at radius 2 is 2.11 bits per heavy atom. The molecule has 2 unspecified atom stereocenters. The van der Waals surface area contributed by atoms with Crippen molar-refractivity contribution < 1.29 is 0 Å². The lowest BCUT2D eigenvalue weighted by Gasteiger charge is -2.29. The van der Waals surface area contributed by atoms with Crippen LogP contribution in [0.3, 0.4) is 0 Å². The van der Waals surface area contributed by atoms with E-state index in [1.165, 1.54) is 50.9 Å². The number of nitrogens with one attached hydrogen (secondary N) is 1. The van der Waals surface area contributed by atoms with Crippen molar-refractivity contribution in [1.82, 2.24) is 15.2 Å². The summed E-state index contributed by atoms with van der Waals surface area (Å²) in [5.41, 5.74) is 1.41. The fourth-order valence-corrected chi connectivity index (χ4v) is 3.45. The van der Waals surface area contributed by atoms with Crippen molar-refractivity contribution in [2.75, 3.05) is 19.6 Å². The van der Waals surface area contributed by atoms with Gasteiger partial charge < -0.3 is 5.32 Å². The van der Waals surface area contributed by atoms with Gasteiger partial charge in [0.2, 0.25) is 0 Å². The number of nitrogens with zero attached hydrogens (tertiary/aromatic N) is 2. The third-order valence-electron chi connectivity index (χ3n) is 4.41. The second-order valence-electron chi connectivity index (χ2n) is 5.55. The van der Waals surface area contributed by atoms with Crippen LogP contribution in [-0.2, 0) is 6.42 Å². The minimum Gasteiger partial charge on any atom is -0.312 e. The Hall–Kier alpha value is -0.930. The summed E-state index contributed by atoms with van der Waals surface area (Å²) in [6.45, 7) is 3.71. The summed E-state index contributed by atoms with van der Waals surface area (Å²) < 4.78 is 0. The first-order valence-electron chi connectivity index (χ1n) is 7.30. The van der Waals surface area contributed by atoms with Gasteiger partial charge in [0.1, 0.15) is 0 Å². The Kier molecular flexibility index (Phi) is 3.91. The van der Waals surface area contributed by atoms with Gasteiger partial charge in [0.15, 0.2) is 0 Å². The standard InChI is InChI=1S/C15H23N3/c1-3-14(17-8-1)15-4-2-11-18(15)12-7-13-5-9-16-10-6-13/h5-6,9-10,14-15,17H,1-4,7-8,11-12H2. The van der Waals surface area contributed by atoms with E-state index in [0.717, 1.165) is 18.5 Å². The van der Waals surface area contributed by atoms with E-state index in [4.69, 9.17) is 0 Å². The Labute approximate surface area is 110 Å². The molecule has 3 rings (SSSR count). The molecule has 0 aromatic carbocycles. The highest BCUT2D eigenvalue weighted by Gasteiger charge is 2.32. The fraction of sp³-hybridized carbons (Fsp3) is 0.667. The molecule has 0 amide bonds. The highest BCUT2D eigenvalue weighted by molar-refractivity contribution is 5.10. The lowest BCUT2D eigenvalue weighted by Crippen LogP contribution is -2.44. The smallest absolute Gasteiger partial charge is 0.0270 e. The van der Waals surface area contributed by atoms with Crippen LogP contribution in [0, 0.1) is 0 Å². The van der Waals surface area contributed by atoms with Gasteiger partial charge in [-0.1, -0.05) is 0 Å². The van der Waals surface area contributed by atoms with Gasteiger partial charge in [0.05, 0.1) is 0 Å². The van der Waals surface area contributed by atoms with Gasteiger partial charge >= 0.3 is 0 Å². The highest BCUT2D eigenvalue weighted by Crippen LogP contribution is 2.24. The zero-order valence-electron chi connectivity index (χ0n) is 11.0. The third-order valence-corrected chi connectivity index (χ3v) is 4.41. The summed E-state index contributed by atoms with van der Waals surface area (Å²) in [6.07, 6.45) is 10.4. The summed E-state index contributed by atoms with van der Waals surface area (Å²) in [6, 6.07) is 5.82. The van der Waals surface area contributed by atoms with Crippen molar-refractivity contribution in [1.29, 1.82) is 0 Å². The molecule has 0 spiro atoms. The Morgan fingerprint density at radius 3 is 2.89 bits per heavy atom. The maximum absolute atomic E-state index is 4.08. The average molecular weight is 245 g/mol. The van der Waals surface area contributed by atoms with Crippen molar-refractivity contribution in [3.05, 3.63) is 30.1 Å². The van der Waals surface area contributed by atoms with Gasteiger partial charge in [-0.15, -0.1) is 0 Å². The SMILES string of the molecule is c1cc(CCN2CCCC2C2CCCN2)ccn1. The summed E-state index contributed by atoms with van der Waals surface area (Å²) >= 11 is 0. The molecule has 18 heavy (non-hydrogen) atoms. The molecule has 2 aliphatic heterocycles. The molecule has 1 aromatic rings. The fourth-order valence-electron chi connectivity index (χ4n) is 3.45.